The first-order chi connectivity index (χ1) is 15.6. The summed E-state index contributed by atoms with van der Waals surface area (Å²) in [6.07, 6.45) is 5.50. The molecule has 0 spiro atoms. The summed E-state index contributed by atoms with van der Waals surface area (Å²) in [5.74, 6) is 0.880. The third-order valence-electron chi connectivity index (χ3n) is 6.42. The van der Waals surface area contributed by atoms with Crippen LogP contribution in [0, 0.1) is 23.2 Å². The number of methoxy groups -OCH3 is 1. The van der Waals surface area contributed by atoms with Crippen LogP contribution in [0.15, 0.2) is 24.3 Å². The Hall–Kier alpha value is -3.05. The molecule has 2 heterocycles. The number of carbonyl (C=O) groups excluding carboxylic acids is 2. The highest BCUT2D eigenvalue weighted by Crippen LogP contribution is 2.34. The monoisotopic (exact) mass is 437 g/mol. The van der Waals surface area contributed by atoms with Crippen molar-refractivity contribution >= 4 is 22.7 Å². The molecule has 1 saturated carbocycles. The number of H-pyrrole nitrogens is 1. The van der Waals surface area contributed by atoms with Gasteiger partial charge in [-0.3, -0.25) is 9.59 Å². The van der Waals surface area contributed by atoms with Crippen molar-refractivity contribution in [3.05, 3.63) is 30.0 Å². The molecule has 4 rings (SSSR count). The normalized spacial score (nSPS) is 20.2. The van der Waals surface area contributed by atoms with Gasteiger partial charge in [-0.15, -0.1) is 0 Å². The molecule has 2 fully saturated rings. The number of benzene rings is 1. The number of ether oxygens (including phenoxy) is 1. The molecular weight excluding hydrogens is 406 g/mol. The molecule has 1 aromatic heterocycles. The van der Waals surface area contributed by atoms with Crippen LogP contribution >= 0.6 is 0 Å². The van der Waals surface area contributed by atoms with Crippen molar-refractivity contribution in [2.24, 2.45) is 11.8 Å². The molecule has 4 N–H and O–H groups in total. The van der Waals surface area contributed by atoms with Gasteiger partial charge in [-0.1, -0.05) is 18.9 Å². The number of fused-ring (bicyclic) bond motifs is 1. The number of nitrogens with zero attached hydrogens (tertiary/aromatic N) is 1. The molecule has 0 radical (unpaired) electrons. The average Bonchev–Trinajstić information content (AvgIpc) is 3.52. The zero-order chi connectivity index (χ0) is 22.5. The van der Waals surface area contributed by atoms with E-state index in [-0.39, 0.29) is 11.8 Å². The first-order valence-corrected chi connectivity index (χ1v) is 11.4. The summed E-state index contributed by atoms with van der Waals surface area (Å²) < 4.78 is 5.37. The first kappa shape index (κ1) is 22.2. The third-order valence-corrected chi connectivity index (χ3v) is 6.42. The van der Waals surface area contributed by atoms with Crippen molar-refractivity contribution in [1.29, 1.82) is 5.26 Å². The maximum atomic E-state index is 13.0. The Kier molecular flexibility index (Phi) is 6.96. The number of carbonyl (C=O) groups is 2. The van der Waals surface area contributed by atoms with Gasteiger partial charge in [-0.05, 0) is 68.8 Å². The Labute approximate surface area is 188 Å². The Bertz CT molecular complexity index is 1000. The number of aromatic amines is 1. The molecule has 8 nitrogen and oxygen atoms in total. The Balaban J connectivity index is 1.42. The van der Waals surface area contributed by atoms with Crippen LogP contribution in [-0.4, -0.2) is 49.1 Å². The maximum absolute atomic E-state index is 13.0. The lowest BCUT2D eigenvalue weighted by Crippen LogP contribution is -2.50. The summed E-state index contributed by atoms with van der Waals surface area (Å²) in [5, 5.41) is 19.5. The van der Waals surface area contributed by atoms with Gasteiger partial charge in [0.1, 0.15) is 23.5 Å². The van der Waals surface area contributed by atoms with Crippen molar-refractivity contribution in [3.8, 4) is 11.8 Å². The molecule has 1 saturated heterocycles. The predicted octanol–water partition coefficient (Wildman–Crippen LogP) is 2.47. The van der Waals surface area contributed by atoms with Gasteiger partial charge in [0.25, 0.3) is 5.91 Å². The third kappa shape index (κ3) is 5.40. The summed E-state index contributed by atoms with van der Waals surface area (Å²) in [6.45, 7) is 1.88. The van der Waals surface area contributed by atoms with Gasteiger partial charge in [0.05, 0.1) is 13.2 Å². The molecule has 32 heavy (non-hydrogen) atoms. The number of aromatic nitrogens is 1. The molecule has 2 amide bonds. The zero-order valence-electron chi connectivity index (χ0n) is 18.4. The summed E-state index contributed by atoms with van der Waals surface area (Å²) in [4.78, 5) is 29.1. The van der Waals surface area contributed by atoms with E-state index in [1.165, 1.54) is 0 Å². The highest BCUT2D eigenvalue weighted by atomic mass is 16.5. The van der Waals surface area contributed by atoms with E-state index in [4.69, 9.17) is 4.74 Å². The highest BCUT2D eigenvalue weighted by Gasteiger charge is 2.32. The van der Waals surface area contributed by atoms with E-state index in [1.807, 2.05) is 18.2 Å². The van der Waals surface area contributed by atoms with Crippen LogP contribution < -0.4 is 20.7 Å². The van der Waals surface area contributed by atoms with Gasteiger partial charge >= 0.3 is 0 Å². The smallest absolute Gasteiger partial charge is 0.268 e. The number of rotatable bonds is 9. The van der Waals surface area contributed by atoms with Crippen LogP contribution in [0.4, 0.5) is 0 Å². The molecular formula is C24H31N5O3. The zero-order valence-corrected chi connectivity index (χ0v) is 18.4. The molecule has 0 unspecified atom stereocenters. The van der Waals surface area contributed by atoms with Crippen LogP contribution in [-0.2, 0) is 4.79 Å². The average molecular weight is 438 g/mol. The molecule has 2 aromatic rings. The molecule has 1 aliphatic carbocycles. The predicted molar refractivity (Wildman–Crippen MR) is 121 cm³/mol. The molecule has 8 heteroatoms. The van der Waals surface area contributed by atoms with E-state index in [1.54, 1.807) is 13.2 Å². The number of amides is 2. The second-order valence-electron chi connectivity index (χ2n) is 8.95. The van der Waals surface area contributed by atoms with Crippen LogP contribution in [0.25, 0.3) is 10.9 Å². The number of piperidine rings is 1. The fraction of sp³-hybridized carbons (Fsp3) is 0.542. The van der Waals surface area contributed by atoms with Crippen molar-refractivity contribution in [3.63, 3.8) is 0 Å². The van der Waals surface area contributed by atoms with Gasteiger partial charge < -0.3 is 25.7 Å². The molecule has 1 aromatic carbocycles. The van der Waals surface area contributed by atoms with E-state index in [9.17, 15) is 14.9 Å². The van der Waals surface area contributed by atoms with Gasteiger partial charge in [-0.2, -0.15) is 5.26 Å². The van der Waals surface area contributed by atoms with E-state index in [2.05, 4.69) is 27.0 Å². The molecule has 0 bridgehead atoms. The van der Waals surface area contributed by atoms with Gasteiger partial charge in [0.15, 0.2) is 0 Å². The fourth-order valence-corrected chi connectivity index (χ4v) is 4.46. The van der Waals surface area contributed by atoms with Gasteiger partial charge in [-0.25, -0.2) is 0 Å². The minimum Gasteiger partial charge on any atom is -0.496 e. The van der Waals surface area contributed by atoms with E-state index < -0.39 is 12.1 Å². The van der Waals surface area contributed by atoms with Crippen LogP contribution in [0.5, 0.6) is 5.75 Å². The number of hydrogen-bond donors (Lipinski definition) is 4. The van der Waals surface area contributed by atoms with Crippen molar-refractivity contribution < 1.29 is 14.3 Å². The van der Waals surface area contributed by atoms with Gasteiger partial charge in [0.2, 0.25) is 5.91 Å². The summed E-state index contributed by atoms with van der Waals surface area (Å²) >= 11 is 0. The van der Waals surface area contributed by atoms with E-state index >= 15 is 0 Å². The molecule has 2 aliphatic rings. The van der Waals surface area contributed by atoms with Crippen molar-refractivity contribution in [2.45, 2.75) is 50.6 Å². The lowest BCUT2D eigenvalue weighted by atomic mass is 9.92. The summed E-state index contributed by atoms with van der Waals surface area (Å²) in [6, 6.07) is 8.32. The lowest BCUT2D eigenvalue weighted by molar-refractivity contribution is -0.123. The Morgan fingerprint density at radius 2 is 2.06 bits per heavy atom. The first-order valence-electron chi connectivity index (χ1n) is 11.4. The Morgan fingerprint density at radius 1 is 1.22 bits per heavy atom. The van der Waals surface area contributed by atoms with Crippen LogP contribution in [0.3, 0.4) is 0 Å². The highest BCUT2D eigenvalue weighted by molar-refractivity contribution is 6.01. The number of nitriles is 1. The number of nitrogens with one attached hydrogen (secondary N) is 4. The maximum Gasteiger partial charge on any atom is 0.268 e. The van der Waals surface area contributed by atoms with Crippen molar-refractivity contribution in [2.75, 3.05) is 20.2 Å². The molecule has 3 atom stereocenters. The topological polar surface area (TPSA) is 119 Å². The fourth-order valence-electron chi connectivity index (χ4n) is 4.46. The Morgan fingerprint density at radius 3 is 2.75 bits per heavy atom. The standard InChI is InChI=1S/C24H31N5O3/c1-32-22-6-2-5-19-18(22)12-21(28-19)24(31)29-20(11-15-7-8-15)23(30)27-17(13-25)10-16-4-3-9-26-14-16/h2,5-6,12,15-17,20,26,28H,3-4,7-11,14H2,1H3,(H,27,30)(H,29,31)/t16-,17-,20-/m0/s1. The summed E-state index contributed by atoms with van der Waals surface area (Å²) in [7, 11) is 1.59. The largest absolute Gasteiger partial charge is 0.496 e. The molecule has 170 valence electrons. The van der Waals surface area contributed by atoms with Crippen LogP contribution in [0.1, 0.15) is 49.0 Å². The minimum absolute atomic E-state index is 0.283. The second kappa shape index (κ2) is 10.0. The molecule has 1 aliphatic heterocycles. The van der Waals surface area contributed by atoms with E-state index in [0.29, 0.717) is 36.1 Å². The van der Waals surface area contributed by atoms with E-state index in [0.717, 1.165) is 49.7 Å². The quantitative estimate of drug-likeness (QED) is 0.481. The lowest BCUT2D eigenvalue weighted by Gasteiger charge is -2.26. The van der Waals surface area contributed by atoms with Crippen LogP contribution in [0.2, 0.25) is 0 Å². The summed E-state index contributed by atoms with van der Waals surface area (Å²) in [5.41, 5.74) is 1.17. The second-order valence-corrected chi connectivity index (χ2v) is 8.95. The van der Waals surface area contributed by atoms with Crippen molar-refractivity contribution in [1.82, 2.24) is 20.9 Å². The SMILES string of the molecule is COc1cccc2[nH]c(C(=O)N[C@@H](CC3CC3)C(=O)N[C@H](C#N)C[C@@H]3CCCNC3)cc12. The van der Waals surface area contributed by atoms with Gasteiger partial charge in [0, 0.05) is 10.9 Å². The number of hydrogen-bond acceptors (Lipinski definition) is 5. The minimum atomic E-state index is -0.663.